The van der Waals surface area contributed by atoms with Gasteiger partial charge < -0.3 is 0 Å². The first-order valence-electron chi connectivity index (χ1n) is 7.41. The first-order chi connectivity index (χ1) is 11.1. The molecule has 23 heavy (non-hydrogen) atoms. The molecule has 4 heteroatoms. The van der Waals surface area contributed by atoms with E-state index in [1.165, 1.54) is 11.1 Å². The van der Waals surface area contributed by atoms with Gasteiger partial charge in [0, 0.05) is 16.3 Å². The van der Waals surface area contributed by atoms with Crippen molar-refractivity contribution in [2.75, 3.05) is 0 Å². The Kier molecular flexibility index (Phi) is 4.99. The van der Waals surface area contributed by atoms with Crippen LogP contribution >= 0.6 is 23.4 Å². The fraction of sp³-hybridized carbons (Fsp3) is 0.158. The third-order valence-corrected chi connectivity index (χ3v) is 4.97. The summed E-state index contributed by atoms with van der Waals surface area (Å²) in [5, 5.41) is 10.4. The van der Waals surface area contributed by atoms with E-state index in [2.05, 4.69) is 42.2 Å². The van der Waals surface area contributed by atoms with Gasteiger partial charge in [-0.3, -0.25) is 0 Å². The lowest BCUT2D eigenvalue weighted by Crippen LogP contribution is -1.92. The quantitative estimate of drug-likeness (QED) is 0.569. The van der Waals surface area contributed by atoms with Gasteiger partial charge in [0.05, 0.1) is 5.69 Å². The van der Waals surface area contributed by atoms with Crippen LogP contribution in [-0.4, -0.2) is 10.2 Å². The number of benzene rings is 2. The monoisotopic (exact) mass is 340 g/mol. The molecule has 0 saturated carbocycles. The second kappa shape index (κ2) is 7.16. The normalized spacial score (nSPS) is 10.7. The van der Waals surface area contributed by atoms with E-state index in [4.69, 9.17) is 11.6 Å². The van der Waals surface area contributed by atoms with Crippen LogP contribution in [0.2, 0.25) is 5.02 Å². The standard InChI is InChI=1S/C19H17ClN2S/c1-13-7-8-16(14(2)11-13)18-9-10-19(22-21-18)23-12-15-5-3-4-6-17(15)20/h3-11H,12H2,1-2H3. The number of hydrogen-bond donors (Lipinski definition) is 0. The van der Waals surface area contributed by atoms with E-state index in [-0.39, 0.29) is 0 Å². The lowest BCUT2D eigenvalue weighted by Gasteiger charge is -2.07. The summed E-state index contributed by atoms with van der Waals surface area (Å²) in [5.41, 5.74) is 5.62. The molecule has 1 heterocycles. The smallest absolute Gasteiger partial charge is 0.119 e. The minimum atomic E-state index is 0.789. The van der Waals surface area contributed by atoms with Crippen molar-refractivity contribution >= 4 is 23.4 Å². The predicted octanol–water partition coefficient (Wildman–Crippen LogP) is 5.71. The number of nitrogens with zero attached hydrogens (tertiary/aromatic N) is 2. The van der Waals surface area contributed by atoms with Crippen LogP contribution in [0.15, 0.2) is 59.6 Å². The minimum Gasteiger partial charge on any atom is -0.149 e. The molecule has 0 aliphatic carbocycles. The van der Waals surface area contributed by atoms with Crippen LogP contribution < -0.4 is 0 Å². The molecule has 0 radical (unpaired) electrons. The summed E-state index contributed by atoms with van der Waals surface area (Å²) in [7, 11) is 0. The van der Waals surface area contributed by atoms with Gasteiger partial charge in [0.15, 0.2) is 0 Å². The Bertz CT molecular complexity index is 816. The van der Waals surface area contributed by atoms with Gasteiger partial charge >= 0.3 is 0 Å². The molecule has 0 bridgehead atoms. The highest BCUT2D eigenvalue weighted by atomic mass is 35.5. The number of halogens is 1. The molecule has 0 aliphatic rings. The second-order valence-corrected chi connectivity index (χ2v) is 6.86. The third kappa shape index (κ3) is 3.92. The summed E-state index contributed by atoms with van der Waals surface area (Å²) in [6.07, 6.45) is 0. The Morgan fingerprint density at radius 1 is 0.957 bits per heavy atom. The molecule has 3 aromatic rings. The molecule has 0 atom stereocenters. The molecule has 3 rings (SSSR count). The highest BCUT2D eigenvalue weighted by Crippen LogP contribution is 2.27. The highest BCUT2D eigenvalue weighted by molar-refractivity contribution is 7.98. The average molecular weight is 341 g/mol. The van der Waals surface area contributed by atoms with Crippen molar-refractivity contribution in [3.05, 3.63) is 76.3 Å². The fourth-order valence-corrected chi connectivity index (χ4v) is 3.51. The molecule has 2 aromatic carbocycles. The van der Waals surface area contributed by atoms with E-state index in [0.717, 1.165) is 32.6 Å². The molecule has 0 spiro atoms. The zero-order valence-electron chi connectivity index (χ0n) is 13.1. The molecule has 0 fully saturated rings. The fourth-order valence-electron chi connectivity index (χ4n) is 2.41. The van der Waals surface area contributed by atoms with Gasteiger partial charge in [-0.1, -0.05) is 65.3 Å². The van der Waals surface area contributed by atoms with Gasteiger partial charge in [-0.05, 0) is 43.2 Å². The van der Waals surface area contributed by atoms with Crippen LogP contribution in [0.3, 0.4) is 0 Å². The van der Waals surface area contributed by atoms with Crippen molar-refractivity contribution in [1.29, 1.82) is 0 Å². The Morgan fingerprint density at radius 3 is 2.48 bits per heavy atom. The van der Waals surface area contributed by atoms with Crippen molar-refractivity contribution in [2.24, 2.45) is 0 Å². The zero-order chi connectivity index (χ0) is 16.2. The Hall–Kier alpha value is -1.84. The largest absolute Gasteiger partial charge is 0.149 e. The lowest BCUT2D eigenvalue weighted by atomic mass is 10.0. The Labute approximate surface area is 145 Å². The average Bonchev–Trinajstić information content (AvgIpc) is 2.55. The number of hydrogen-bond acceptors (Lipinski definition) is 3. The molecule has 0 unspecified atom stereocenters. The van der Waals surface area contributed by atoms with E-state index >= 15 is 0 Å². The number of aryl methyl sites for hydroxylation is 2. The first kappa shape index (κ1) is 16.0. The molecule has 0 saturated heterocycles. The zero-order valence-corrected chi connectivity index (χ0v) is 14.7. The van der Waals surface area contributed by atoms with Gasteiger partial charge in [0.2, 0.25) is 0 Å². The minimum absolute atomic E-state index is 0.789. The molecular formula is C19H17ClN2S. The molecular weight excluding hydrogens is 324 g/mol. The summed E-state index contributed by atoms with van der Waals surface area (Å²) in [5.74, 6) is 0.789. The summed E-state index contributed by atoms with van der Waals surface area (Å²) in [6.45, 7) is 4.20. The highest BCUT2D eigenvalue weighted by Gasteiger charge is 2.06. The third-order valence-electron chi connectivity index (χ3n) is 3.63. The maximum Gasteiger partial charge on any atom is 0.119 e. The molecule has 0 amide bonds. The molecule has 0 N–H and O–H groups in total. The van der Waals surface area contributed by atoms with Crippen LogP contribution in [0.1, 0.15) is 16.7 Å². The Morgan fingerprint density at radius 2 is 1.78 bits per heavy atom. The molecule has 0 aliphatic heterocycles. The van der Waals surface area contributed by atoms with Crippen molar-refractivity contribution in [3.63, 3.8) is 0 Å². The second-order valence-electron chi connectivity index (χ2n) is 5.46. The number of thioether (sulfide) groups is 1. The lowest BCUT2D eigenvalue weighted by molar-refractivity contribution is 0.934. The number of rotatable bonds is 4. The van der Waals surface area contributed by atoms with E-state index in [1.807, 2.05) is 36.4 Å². The molecule has 2 nitrogen and oxygen atoms in total. The molecule has 1 aromatic heterocycles. The maximum absolute atomic E-state index is 6.18. The van der Waals surface area contributed by atoms with Crippen molar-refractivity contribution in [3.8, 4) is 11.3 Å². The van der Waals surface area contributed by atoms with Crippen molar-refractivity contribution < 1.29 is 0 Å². The van der Waals surface area contributed by atoms with Crippen LogP contribution in [0.5, 0.6) is 0 Å². The summed E-state index contributed by atoms with van der Waals surface area (Å²) >= 11 is 7.82. The van der Waals surface area contributed by atoms with Crippen molar-refractivity contribution in [1.82, 2.24) is 10.2 Å². The first-order valence-corrected chi connectivity index (χ1v) is 8.77. The molecule has 116 valence electrons. The predicted molar refractivity (Wildman–Crippen MR) is 98.0 cm³/mol. The van der Waals surface area contributed by atoms with Crippen LogP contribution in [0, 0.1) is 13.8 Å². The van der Waals surface area contributed by atoms with Crippen LogP contribution in [0.4, 0.5) is 0 Å². The van der Waals surface area contributed by atoms with Gasteiger partial charge in [-0.2, -0.15) is 0 Å². The van der Waals surface area contributed by atoms with Gasteiger partial charge in [-0.25, -0.2) is 0 Å². The van der Waals surface area contributed by atoms with Gasteiger partial charge in [0.1, 0.15) is 5.03 Å². The Balaban J connectivity index is 1.73. The van der Waals surface area contributed by atoms with E-state index in [9.17, 15) is 0 Å². The van der Waals surface area contributed by atoms with Crippen molar-refractivity contribution in [2.45, 2.75) is 24.6 Å². The maximum atomic E-state index is 6.18. The van der Waals surface area contributed by atoms with Gasteiger partial charge in [-0.15, -0.1) is 10.2 Å². The summed E-state index contributed by atoms with van der Waals surface area (Å²) in [6, 6.07) is 18.3. The summed E-state index contributed by atoms with van der Waals surface area (Å²) in [4.78, 5) is 0. The van der Waals surface area contributed by atoms with Crippen LogP contribution in [-0.2, 0) is 5.75 Å². The van der Waals surface area contributed by atoms with Crippen LogP contribution in [0.25, 0.3) is 11.3 Å². The van der Waals surface area contributed by atoms with E-state index in [1.54, 1.807) is 11.8 Å². The SMILES string of the molecule is Cc1ccc(-c2ccc(SCc3ccccc3Cl)nn2)c(C)c1. The van der Waals surface area contributed by atoms with E-state index < -0.39 is 0 Å². The summed E-state index contributed by atoms with van der Waals surface area (Å²) < 4.78 is 0. The van der Waals surface area contributed by atoms with E-state index in [0.29, 0.717) is 0 Å². The topological polar surface area (TPSA) is 25.8 Å². The number of aromatic nitrogens is 2. The van der Waals surface area contributed by atoms with Gasteiger partial charge in [0.25, 0.3) is 0 Å².